The predicted molar refractivity (Wildman–Crippen MR) is 143 cm³/mol. The fourth-order valence-corrected chi connectivity index (χ4v) is 3.30. The summed E-state index contributed by atoms with van der Waals surface area (Å²) >= 11 is 0. The second-order valence-corrected chi connectivity index (χ2v) is 8.17. The Morgan fingerprint density at radius 2 is 1.69 bits per heavy atom. The fraction of sp³-hybridized carbons (Fsp3) is 0.200. The van der Waals surface area contributed by atoms with Crippen molar-refractivity contribution in [1.82, 2.24) is 5.32 Å². The maximum absolute atomic E-state index is 12.7. The number of ether oxygens (including phenoxy) is 3. The molecule has 3 rings (SSSR count). The number of amides is 1. The molecule has 0 radical (unpaired) electrons. The van der Waals surface area contributed by atoms with Gasteiger partial charge in [0.2, 0.25) is 0 Å². The molecule has 2 aromatic carbocycles. The molecule has 0 bridgehead atoms. The third-order valence-corrected chi connectivity index (χ3v) is 5.37. The number of nitriles is 2. The van der Waals surface area contributed by atoms with Crippen molar-refractivity contribution < 1.29 is 28.2 Å². The van der Waals surface area contributed by atoms with E-state index in [1.165, 1.54) is 37.7 Å². The zero-order chi connectivity index (χ0) is 28.0. The average molecular weight is 526 g/mol. The summed E-state index contributed by atoms with van der Waals surface area (Å²) in [5.41, 5.74) is 0.757. The highest BCUT2D eigenvalue weighted by atomic mass is 16.6. The summed E-state index contributed by atoms with van der Waals surface area (Å²) in [6.45, 7) is 2.83. The topological polar surface area (TPSA) is 135 Å². The van der Waals surface area contributed by atoms with Crippen LogP contribution in [0.25, 0.3) is 12.2 Å². The Morgan fingerprint density at radius 1 is 0.974 bits per heavy atom. The molecular weight excluding hydrogens is 498 g/mol. The number of unbranched alkanes of at least 4 members (excludes halogenated alkanes) is 1. The van der Waals surface area contributed by atoms with Crippen molar-refractivity contribution in [3.05, 3.63) is 88.9 Å². The van der Waals surface area contributed by atoms with Gasteiger partial charge in [-0.25, -0.2) is 4.79 Å². The molecule has 0 aliphatic heterocycles. The van der Waals surface area contributed by atoms with E-state index < -0.39 is 11.9 Å². The molecule has 1 amide bonds. The van der Waals surface area contributed by atoms with Gasteiger partial charge in [-0.1, -0.05) is 31.5 Å². The molecule has 9 heteroatoms. The zero-order valence-electron chi connectivity index (χ0n) is 21.6. The molecule has 198 valence electrons. The largest absolute Gasteiger partial charge is 0.494 e. The first-order chi connectivity index (χ1) is 19.0. The second kappa shape index (κ2) is 14.5. The Bertz CT molecular complexity index is 1420. The predicted octanol–water partition coefficient (Wildman–Crippen LogP) is 5.20. The van der Waals surface area contributed by atoms with Crippen molar-refractivity contribution in [2.45, 2.75) is 26.3 Å². The van der Waals surface area contributed by atoms with Gasteiger partial charge in [0.1, 0.15) is 34.8 Å². The molecule has 0 fully saturated rings. The van der Waals surface area contributed by atoms with Crippen LogP contribution in [-0.2, 0) is 16.1 Å². The van der Waals surface area contributed by atoms with Gasteiger partial charge in [0, 0.05) is 0 Å². The number of hydrogen-bond acceptors (Lipinski definition) is 8. The normalized spacial score (nSPS) is 11.2. The van der Waals surface area contributed by atoms with Crippen LogP contribution < -0.4 is 19.5 Å². The van der Waals surface area contributed by atoms with Gasteiger partial charge in [-0.15, -0.1) is 0 Å². The third kappa shape index (κ3) is 8.38. The van der Waals surface area contributed by atoms with Crippen LogP contribution in [0.15, 0.2) is 76.4 Å². The van der Waals surface area contributed by atoms with E-state index in [4.69, 9.17) is 18.6 Å². The lowest BCUT2D eigenvalue weighted by atomic mass is 10.1. The van der Waals surface area contributed by atoms with Crippen LogP contribution in [0.4, 0.5) is 0 Å². The molecule has 0 spiro atoms. The molecule has 1 heterocycles. The number of nitrogens with zero attached hydrogens (tertiary/aromatic N) is 2. The molecule has 9 nitrogen and oxygen atoms in total. The highest BCUT2D eigenvalue weighted by Crippen LogP contribution is 2.30. The summed E-state index contributed by atoms with van der Waals surface area (Å²) in [6, 6.07) is 18.7. The van der Waals surface area contributed by atoms with Gasteiger partial charge in [-0.05, 0) is 66.1 Å². The van der Waals surface area contributed by atoms with E-state index in [-0.39, 0.29) is 29.2 Å². The van der Waals surface area contributed by atoms with Crippen molar-refractivity contribution in [3.8, 4) is 29.4 Å². The van der Waals surface area contributed by atoms with E-state index >= 15 is 0 Å². The Labute approximate surface area is 226 Å². The van der Waals surface area contributed by atoms with Crippen LogP contribution in [0.2, 0.25) is 0 Å². The summed E-state index contributed by atoms with van der Waals surface area (Å²) in [5, 5.41) is 21.6. The standard InChI is InChI=1S/C30H27N3O6/c1-3-4-13-37-25-10-7-21(8-11-25)15-24(19-32)30(35)39-27-12-9-22(17-28(27)36-2)16-23(18-31)29(34)33-20-26-6-5-14-38-26/h5-12,14-17H,3-4,13,20H2,1-2H3,(H,33,34)/b23-16+,24-15+. The highest BCUT2D eigenvalue weighted by Gasteiger charge is 2.16. The first-order valence-electron chi connectivity index (χ1n) is 12.1. The molecule has 1 N–H and O–H groups in total. The molecular formula is C30H27N3O6. The third-order valence-electron chi connectivity index (χ3n) is 5.37. The molecule has 3 aromatic rings. The van der Waals surface area contributed by atoms with Crippen LogP contribution >= 0.6 is 0 Å². The van der Waals surface area contributed by atoms with Crippen LogP contribution in [0.3, 0.4) is 0 Å². The Balaban J connectivity index is 1.70. The maximum atomic E-state index is 12.7. The minimum atomic E-state index is -0.864. The van der Waals surface area contributed by atoms with E-state index in [1.807, 2.05) is 12.1 Å². The maximum Gasteiger partial charge on any atom is 0.354 e. The van der Waals surface area contributed by atoms with Gasteiger partial charge in [0.05, 0.1) is 26.5 Å². The van der Waals surface area contributed by atoms with Gasteiger partial charge in [-0.3, -0.25) is 4.79 Å². The molecule has 0 unspecified atom stereocenters. The van der Waals surface area contributed by atoms with E-state index in [0.717, 1.165) is 12.8 Å². The molecule has 0 saturated carbocycles. The van der Waals surface area contributed by atoms with Crippen molar-refractivity contribution in [3.63, 3.8) is 0 Å². The van der Waals surface area contributed by atoms with Gasteiger partial charge >= 0.3 is 5.97 Å². The molecule has 0 aliphatic carbocycles. The number of rotatable bonds is 12. The van der Waals surface area contributed by atoms with E-state index in [1.54, 1.807) is 42.5 Å². The molecule has 0 aliphatic rings. The minimum Gasteiger partial charge on any atom is -0.494 e. The van der Waals surface area contributed by atoms with Gasteiger partial charge in [-0.2, -0.15) is 10.5 Å². The van der Waals surface area contributed by atoms with Gasteiger partial charge in [0.25, 0.3) is 5.91 Å². The van der Waals surface area contributed by atoms with Crippen LogP contribution in [0.1, 0.15) is 36.7 Å². The number of hydrogen-bond donors (Lipinski definition) is 1. The molecule has 1 aromatic heterocycles. The summed E-state index contributed by atoms with van der Waals surface area (Å²) < 4.78 is 21.5. The number of furan rings is 1. The Kier molecular flexibility index (Phi) is 10.5. The number of esters is 1. The number of methoxy groups -OCH3 is 1. The molecule has 39 heavy (non-hydrogen) atoms. The van der Waals surface area contributed by atoms with Crippen molar-refractivity contribution in [2.24, 2.45) is 0 Å². The SMILES string of the molecule is CCCCOc1ccc(/C=C(\C#N)C(=O)Oc2ccc(/C=C(\C#N)C(=O)NCc3ccco3)cc2OC)cc1. The van der Waals surface area contributed by atoms with E-state index in [2.05, 4.69) is 12.2 Å². The Hall–Kier alpha value is -5.28. The van der Waals surface area contributed by atoms with E-state index in [0.29, 0.717) is 29.2 Å². The highest BCUT2D eigenvalue weighted by molar-refractivity contribution is 6.02. The lowest BCUT2D eigenvalue weighted by Gasteiger charge is -2.10. The molecule has 0 saturated heterocycles. The lowest BCUT2D eigenvalue weighted by molar-refractivity contribution is -0.129. The summed E-state index contributed by atoms with van der Waals surface area (Å²) in [5.74, 6) is 0.0606. The quantitative estimate of drug-likeness (QED) is 0.112. The zero-order valence-corrected chi connectivity index (χ0v) is 21.6. The number of carbonyl (C=O) groups excluding carboxylic acids is 2. The average Bonchev–Trinajstić information content (AvgIpc) is 3.48. The van der Waals surface area contributed by atoms with Crippen LogP contribution in [0, 0.1) is 22.7 Å². The number of nitrogens with one attached hydrogen (secondary N) is 1. The van der Waals surface area contributed by atoms with Crippen molar-refractivity contribution >= 4 is 24.0 Å². The van der Waals surface area contributed by atoms with E-state index in [9.17, 15) is 20.1 Å². The van der Waals surface area contributed by atoms with Crippen molar-refractivity contribution in [1.29, 1.82) is 10.5 Å². The Morgan fingerprint density at radius 3 is 2.33 bits per heavy atom. The smallest absolute Gasteiger partial charge is 0.354 e. The first-order valence-corrected chi connectivity index (χ1v) is 12.1. The minimum absolute atomic E-state index is 0.0706. The van der Waals surface area contributed by atoms with Crippen molar-refractivity contribution in [2.75, 3.05) is 13.7 Å². The second-order valence-electron chi connectivity index (χ2n) is 8.17. The summed E-state index contributed by atoms with van der Waals surface area (Å²) in [4.78, 5) is 25.1. The van der Waals surface area contributed by atoms with Crippen LogP contribution in [0.5, 0.6) is 17.2 Å². The first kappa shape index (κ1) is 28.3. The summed E-state index contributed by atoms with van der Waals surface area (Å²) in [7, 11) is 1.38. The summed E-state index contributed by atoms with van der Waals surface area (Å²) in [6.07, 6.45) is 6.27. The number of carbonyl (C=O) groups is 2. The van der Waals surface area contributed by atoms with Crippen LogP contribution in [-0.4, -0.2) is 25.6 Å². The number of benzene rings is 2. The fourth-order valence-electron chi connectivity index (χ4n) is 3.30. The monoisotopic (exact) mass is 525 g/mol. The van der Waals surface area contributed by atoms with Gasteiger partial charge < -0.3 is 23.9 Å². The van der Waals surface area contributed by atoms with Gasteiger partial charge in [0.15, 0.2) is 11.5 Å². The lowest BCUT2D eigenvalue weighted by Crippen LogP contribution is -2.23. The molecule has 0 atom stereocenters.